The molecule has 0 aliphatic carbocycles. The van der Waals surface area contributed by atoms with Crippen molar-refractivity contribution < 1.29 is 19.0 Å². The van der Waals surface area contributed by atoms with Crippen molar-refractivity contribution >= 4 is 34.4 Å². The Morgan fingerprint density at radius 3 is 2.21 bits per heavy atom. The average Bonchev–Trinajstić information content (AvgIpc) is 2.86. The van der Waals surface area contributed by atoms with Gasteiger partial charge in [-0.15, -0.1) is 0 Å². The smallest absolute Gasteiger partial charge is 0.203 e. The first-order chi connectivity index (χ1) is 16.5. The Labute approximate surface area is 203 Å². The van der Waals surface area contributed by atoms with Gasteiger partial charge in [0.05, 0.1) is 32.4 Å². The Hall–Kier alpha value is -3.83. The molecule has 0 atom stereocenters. The predicted octanol–water partition coefficient (Wildman–Crippen LogP) is 6.79. The van der Waals surface area contributed by atoms with Gasteiger partial charge < -0.3 is 14.2 Å². The molecule has 0 bridgehead atoms. The van der Waals surface area contributed by atoms with Crippen LogP contribution in [0, 0.1) is 6.92 Å². The minimum Gasteiger partial charge on any atom is -0.493 e. The van der Waals surface area contributed by atoms with Crippen molar-refractivity contribution in [2.24, 2.45) is 0 Å². The first kappa shape index (κ1) is 23.3. The number of ketones is 1. The first-order valence-electron chi connectivity index (χ1n) is 10.6. The minimum absolute atomic E-state index is 0.167. The highest BCUT2D eigenvalue weighted by Gasteiger charge is 2.19. The van der Waals surface area contributed by atoms with Gasteiger partial charge in [-0.3, -0.25) is 9.78 Å². The quantitative estimate of drug-likeness (QED) is 0.218. The van der Waals surface area contributed by atoms with E-state index in [0.29, 0.717) is 33.5 Å². The second kappa shape index (κ2) is 9.98. The third kappa shape index (κ3) is 4.47. The highest BCUT2D eigenvalue weighted by Crippen LogP contribution is 2.39. The number of hydrogen-bond acceptors (Lipinski definition) is 5. The van der Waals surface area contributed by atoms with Crippen molar-refractivity contribution in [1.29, 1.82) is 0 Å². The molecule has 0 unspecified atom stereocenters. The zero-order chi connectivity index (χ0) is 24.2. The molecule has 0 fully saturated rings. The number of nitrogens with zero attached hydrogens (tertiary/aromatic N) is 1. The molecule has 5 nitrogen and oxygen atoms in total. The summed E-state index contributed by atoms with van der Waals surface area (Å²) >= 11 is 6.31. The van der Waals surface area contributed by atoms with Crippen molar-refractivity contribution in [3.63, 3.8) is 0 Å². The Morgan fingerprint density at radius 2 is 1.59 bits per heavy atom. The number of fused-ring (bicyclic) bond motifs is 1. The molecule has 1 heterocycles. The molecule has 0 spiro atoms. The normalized spacial score (nSPS) is 11.1. The van der Waals surface area contributed by atoms with Gasteiger partial charge in [-0.05, 0) is 54.5 Å². The van der Waals surface area contributed by atoms with Crippen molar-refractivity contribution in [3.05, 3.63) is 88.6 Å². The number of ether oxygens (including phenoxy) is 3. The largest absolute Gasteiger partial charge is 0.493 e. The molecule has 0 amide bonds. The Morgan fingerprint density at radius 1 is 0.912 bits per heavy atom. The molecular formula is C28H24ClNO4. The first-order valence-corrected chi connectivity index (χ1v) is 11.0. The van der Waals surface area contributed by atoms with Gasteiger partial charge in [0.25, 0.3) is 0 Å². The van der Waals surface area contributed by atoms with Crippen LogP contribution in [0.3, 0.4) is 0 Å². The van der Waals surface area contributed by atoms with Crippen LogP contribution >= 0.6 is 11.6 Å². The van der Waals surface area contributed by atoms with E-state index in [9.17, 15) is 4.79 Å². The summed E-state index contributed by atoms with van der Waals surface area (Å²) < 4.78 is 16.2. The van der Waals surface area contributed by atoms with Gasteiger partial charge in [-0.2, -0.15) is 0 Å². The lowest BCUT2D eigenvalue weighted by Crippen LogP contribution is -2.05. The Kier molecular flexibility index (Phi) is 6.85. The molecule has 34 heavy (non-hydrogen) atoms. The number of halogens is 1. The molecule has 4 aromatic rings. The van der Waals surface area contributed by atoms with Crippen LogP contribution in [-0.4, -0.2) is 32.1 Å². The fourth-order valence-corrected chi connectivity index (χ4v) is 4.19. The second-order valence-corrected chi connectivity index (χ2v) is 8.07. The van der Waals surface area contributed by atoms with Gasteiger partial charge in [0, 0.05) is 21.7 Å². The summed E-state index contributed by atoms with van der Waals surface area (Å²) in [5, 5.41) is 1.41. The van der Waals surface area contributed by atoms with Gasteiger partial charge in [-0.1, -0.05) is 48.0 Å². The summed E-state index contributed by atoms with van der Waals surface area (Å²) in [6.07, 6.45) is 3.26. The van der Waals surface area contributed by atoms with Gasteiger partial charge in [-0.25, -0.2) is 0 Å². The third-order valence-corrected chi connectivity index (χ3v) is 5.79. The number of hydrogen-bond donors (Lipinski definition) is 0. The summed E-state index contributed by atoms with van der Waals surface area (Å²) in [4.78, 5) is 18.2. The molecule has 0 N–H and O–H groups in total. The maximum Gasteiger partial charge on any atom is 0.203 e. The summed E-state index contributed by atoms with van der Waals surface area (Å²) in [5.41, 5.74) is 4.43. The average molecular weight is 474 g/mol. The summed E-state index contributed by atoms with van der Waals surface area (Å²) in [7, 11) is 4.65. The number of allylic oxidation sites excluding steroid dienone is 1. The lowest BCUT2D eigenvalue weighted by atomic mass is 9.92. The standard InChI is InChI=1S/C28H24ClNO4/c1-17-26(23(31)13-10-18-14-24(32-2)28(34-4)25(15-18)33-3)27(19-8-6-5-7-9-19)21-16-20(29)11-12-22(21)30-17/h5-16H,1-4H3/b13-10-. The van der Waals surface area contributed by atoms with E-state index < -0.39 is 0 Å². The zero-order valence-electron chi connectivity index (χ0n) is 19.4. The number of benzene rings is 3. The second-order valence-electron chi connectivity index (χ2n) is 7.63. The van der Waals surface area contributed by atoms with E-state index >= 15 is 0 Å². The number of rotatable bonds is 7. The molecule has 0 radical (unpaired) electrons. The molecule has 1 aromatic heterocycles. The fourth-order valence-electron chi connectivity index (χ4n) is 4.02. The van der Waals surface area contributed by atoms with Crippen molar-refractivity contribution in [3.8, 4) is 28.4 Å². The monoisotopic (exact) mass is 473 g/mol. The van der Waals surface area contributed by atoms with Crippen molar-refractivity contribution in [2.75, 3.05) is 21.3 Å². The maximum atomic E-state index is 13.5. The molecular weight excluding hydrogens is 450 g/mol. The van der Waals surface area contributed by atoms with Gasteiger partial charge >= 0.3 is 0 Å². The fraction of sp³-hybridized carbons (Fsp3) is 0.143. The summed E-state index contributed by atoms with van der Waals surface area (Å²) in [6.45, 7) is 1.85. The van der Waals surface area contributed by atoms with Crippen molar-refractivity contribution in [1.82, 2.24) is 4.98 Å². The topological polar surface area (TPSA) is 57.7 Å². The molecule has 0 saturated carbocycles. The molecule has 172 valence electrons. The number of aryl methyl sites for hydroxylation is 1. The Bertz CT molecular complexity index is 1370. The van der Waals surface area contributed by atoms with E-state index in [0.717, 1.165) is 27.6 Å². The Balaban J connectivity index is 1.85. The molecule has 3 aromatic carbocycles. The maximum absolute atomic E-state index is 13.5. The van der Waals surface area contributed by atoms with Crippen LogP contribution in [0.25, 0.3) is 28.1 Å². The number of pyridine rings is 1. The zero-order valence-corrected chi connectivity index (χ0v) is 20.1. The predicted molar refractivity (Wildman–Crippen MR) is 136 cm³/mol. The van der Waals surface area contributed by atoms with E-state index in [1.807, 2.05) is 49.4 Å². The molecule has 4 rings (SSSR count). The van der Waals surface area contributed by atoms with E-state index in [-0.39, 0.29) is 5.78 Å². The third-order valence-electron chi connectivity index (χ3n) is 5.55. The van der Waals surface area contributed by atoms with Crippen LogP contribution in [0.15, 0.2) is 66.7 Å². The van der Waals surface area contributed by atoms with Crippen LogP contribution in [0.5, 0.6) is 17.2 Å². The number of carbonyl (C=O) groups is 1. The molecule has 0 aliphatic rings. The van der Waals surface area contributed by atoms with Crippen LogP contribution in [0.4, 0.5) is 0 Å². The summed E-state index contributed by atoms with van der Waals surface area (Å²) in [5.74, 6) is 1.35. The van der Waals surface area contributed by atoms with E-state index in [1.54, 1.807) is 45.6 Å². The van der Waals surface area contributed by atoms with E-state index in [1.165, 1.54) is 6.08 Å². The lowest BCUT2D eigenvalue weighted by molar-refractivity contribution is 0.104. The van der Waals surface area contributed by atoms with Crippen LogP contribution in [-0.2, 0) is 0 Å². The SMILES string of the molecule is COc1cc(/C=C\C(=O)c2c(C)nc3ccc(Cl)cc3c2-c2ccccc2)cc(OC)c1OC. The van der Waals surface area contributed by atoms with Gasteiger partial charge in [0.15, 0.2) is 17.3 Å². The minimum atomic E-state index is -0.167. The van der Waals surface area contributed by atoms with E-state index in [2.05, 4.69) is 4.98 Å². The number of carbonyl (C=O) groups excluding carboxylic acids is 1. The van der Waals surface area contributed by atoms with Gasteiger partial charge in [0.1, 0.15) is 0 Å². The van der Waals surface area contributed by atoms with Crippen LogP contribution < -0.4 is 14.2 Å². The van der Waals surface area contributed by atoms with Crippen LogP contribution in [0.2, 0.25) is 5.02 Å². The molecule has 0 saturated heterocycles. The molecule has 0 aliphatic heterocycles. The lowest BCUT2D eigenvalue weighted by Gasteiger charge is -2.15. The number of aromatic nitrogens is 1. The van der Waals surface area contributed by atoms with Crippen LogP contribution in [0.1, 0.15) is 21.6 Å². The van der Waals surface area contributed by atoms with Crippen molar-refractivity contribution in [2.45, 2.75) is 6.92 Å². The summed E-state index contributed by atoms with van der Waals surface area (Å²) in [6, 6.07) is 18.9. The van der Waals surface area contributed by atoms with Gasteiger partial charge in [0.2, 0.25) is 5.75 Å². The highest BCUT2D eigenvalue weighted by atomic mass is 35.5. The highest BCUT2D eigenvalue weighted by molar-refractivity contribution is 6.31. The molecule has 6 heteroatoms. The number of methoxy groups -OCH3 is 3. The van der Waals surface area contributed by atoms with E-state index in [4.69, 9.17) is 25.8 Å².